The number of thioether (sulfide) groups is 1. The van der Waals surface area contributed by atoms with Gasteiger partial charge in [-0.25, -0.2) is 27.6 Å². The van der Waals surface area contributed by atoms with Crippen LogP contribution in [0.5, 0.6) is 0 Å². The highest BCUT2D eigenvalue weighted by Gasteiger charge is 2.47. The van der Waals surface area contributed by atoms with Crippen LogP contribution in [0.1, 0.15) is 46.0 Å². The van der Waals surface area contributed by atoms with Gasteiger partial charge in [0.25, 0.3) is 0 Å². The molecule has 1 aliphatic rings. The molecule has 3 aromatic carbocycles. The molecule has 4 aromatic rings. The highest BCUT2D eigenvalue weighted by Crippen LogP contribution is 2.42. The van der Waals surface area contributed by atoms with E-state index in [0.717, 1.165) is 18.2 Å². The summed E-state index contributed by atoms with van der Waals surface area (Å²) in [5, 5.41) is 12.1. The monoisotopic (exact) mass is 775 g/mol. The third-order valence-corrected chi connectivity index (χ3v) is 10.1. The van der Waals surface area contributed by atoms with Crippen molar-refractivity contribution in [2.24, 2.45) is 0 Å². The van der Waals surface area contributed by atoms with E-state index in [4.69, 9.17) is 24.2 Å². The summed E-state index contributed by atoms with van der Waals surface area (Å²) >= 11 is 1.33. The molecule has 5 rings (SSSR count). The normalized spacial score (nSPS) is 17.6. The molecule has 1 saturated heterocycles. The molecule has 0 unspecified atom stereocenters. The zero-order valence-electron chi connectivity index (χ0n) is 30.4. The number of carbonyl (C=O) groups excluding carboxylic acids is 2. The molecule has 1 aromatic heterocycles. The predicted octanol–water partition coefficient (Wildman–Crippen LogP) is 6.45. The van der Waals surface area contributed by atoms with Crippen molar-refractivity contribution in [1.82, 2.24) is 19.7 Å². The van der Waals surface area contributed by atoms with E-state index in [1.807, 2.05) is 25.1 Å². The van der Waals surface area contributed by atoms with Crippen LogP contribution in [0.25, 0.3) is 6.08 Å². The average Bonchev–Trinajstić information content (AvgIpc) is 3.68. The summed E-state index contributed by atoms with van der Waals surface area (Å²) in [7, 11) is 3.67. The molecule has 0 saturated carbocycles. The maximum atomic E-state index is 15.9. The van der Waals surface area contributed by atoms with Crippen molar-refractivity contribution in [1.29, 1.82) is 5.26 Å². The summed E-state index contributed by atoms with van der Waals surface area (Å²) in [5.74, 6) is -3.53. The maximum Gasteiger partial charge on any atom is 0.339 e. The topological polar surface area (TPSA) is 129 Å². The first kappa shape index (κ1) is 40.9. The van der Waals surface area contributed by atoms with Gasteiger partial charge in [0.05, 0.1) is 48.6 Å². The minimum absolute atomic E-state index is 0.0886. The van der Waals surface area contributed by atoms with Crippen LogP contribution >= 0.6 is 11.8 Å². The van der Waals surface area contributed by atoms with E-state index < -0.39 is 46.5 Å². The zero-order valence-corrected chi connectivity index (χ0v) is 31.3. The van der Waals surface area contributed by atoms with Gasteiger partial charge in [-0.15, -0.1) is 11.8 Å². The first-order valence-corrected chi connectivity index (χ1v) is 18.2. The molecule has 55 heavy (non-hydrogen) atoms. The molecule has 288 valence electrons. The molecule has 0 spiro atoms. The molecule has 0 N–H and O–H groups in total. The van der Waals surface area contributed by atoms with E-state index in [-0.39, 0.29) is 54.7 Å². The number of rotatable bonds is 16. The predicted molar refractivity (Wildman–Crippen MR) is 199 cm³/mol. The Balaban J connectivity index is 1.35. The number of ether oxygens (including phenoxy) is 4. The van der Waals surface area contributed by atoms with E-state index >= 15 is 4.39 Å². The van der Waals surface area contributed by atoms with E-state index in [9.17, 15) is 18.4 Å². The van der Waals surface area contributed by atoms with Gasteiger partial charge in [0, 0.05) is 34.6 Å². The fourth-order valence-corrected chi connectivity index (χ4v) is 7.10. The lowest BCUT2D eigenvalue weighted by molar-refractivity contribution is -0.146. The Morgan fingerprint density at radius 3 is 2.56 bits per heavy atom. The Bertz CT molecular complexity index is 2030. The van der Waals surface area contributed by atoms with E-state index in [1.54, 1.807) is 49.4 Å². The van der Waals surface area contributed by atoms with Gasteiger partial charge in [-0.2, -0.15) is 10.4 Å². The summed E-state index contributed by atoms with van der Waals surface area (Å²) in [6.07, 6.45) is 8.63. The lowest BCUT2D eigenvalue weighted by Crippen LogP contribution is -2.47. The van der Waals surface area contributed by atoms with Crippen LogP contribution in [0.4, 0.5) is 13.2 Å². The average molecular weight is 776 g/mol. The number of carbonyl (C=O) groups is 2. The first-order valence-electron chi connectivity index (χ1n) is 17.3. The number of allylic oxidation sites excluding steroid dienone is 2. The highest BCUT2D eigenvalue weighted by atomic mass is 32.2. The Morgan fingerprint density at radius 2 is 1.87 bits per heavy atom. The van der Waals surface area contributed by atoms with Crippen LogP contribution in [0, 0.1) is 28.8 Å². The third kappa shape index (κ3) is 11.1. The Morgan fingerprint density at radius 1 is 1.09 bits per heavy atom. The van der Waals surface area contributed by atoms with Crippen LogP contribution in [0.3, 0.4) is 0 Å². The second kappa shape index (κ2) is 19.4. The van der Waals surface area contributed by atoms with Gasteiger partial charge in [-0.05, 0) is 57.4 Å². The molecule has 0 bridgehead atoms. The summed E-state index contributed by atoms with van der Waals surface area (Å²) in [6.45, 7) is 2.27. The lowest BCUT2D eigenvalue weighted by atomic mass is 9.89. The summed E-state index contributed by atoms with van der Waals surface area (Å²) in [6, 6.07) is 15.6. The van der Waals surface area contributed by atoms with Crippen molar-refractivity contribution in [2.45, 2.75) is 48.9 Å². The minimum atomic E-state index is -1.79. The van der Waals surface area contributed by atoms with Crippen LogP contribution in [-0.4, -0.2) is 82.2 Å². The van der Waals surface area contributed by atoms with Crippen molar-refractivity contribution in [3.8, 4) is 6.07 Å². The highest BCUT2D eigenvalue weighted by molar-refractivity contribution is 8.00. The van der Waals surface area contributed by atoms with Crippen LogP contribution in [0.15, 0.2) is 91.5 Å². The summed E-state index contributed by atoms with van der Waals surface area (Å²) < 4.78 is 69.5. The Hall–Kier alpha value is -5.27. The van der Waals surface area contributed by atoms with Crippen molar-refractivity contribution in [2.75, 3.05) is 33.9 Å². The number of hydrogen-bond donors (Lipinski definition) is 0. The Kier molecular flexibility index (Phi) is 14.4. The zero-order chi connectivity index (χ0) is 39.4. The quantitative estimate of drug-likeness (QED) is 0.0921. The first-order chi connectivity index (χ1) is 26.5. The fourth-order valence-electron chi connectivity index (χ4n) is 5.74. The molecule has 2 atom stereocenters. The van der Waals surface area contributed by atoms with Crippen molar-refractivity contribution in [3.05, 3.63) is 137 Å². The lowest BCUT2D eigenvalue weighted by Gasteiger charge is -2.40. The van der Waals surface area contributed by atoms with Gasteiger partial charge in [-0.3, -0.25) is 4.79 Å². The molecule has 2 heterocycles. The minimum Gasteiger partial charge on any atom is -0.461 e. The molecule has 1 aliphatic heterocycles. The molecule has 1 fully saturated rings. The van der Waals surface area contributed by atoms with E-state index in [0.29, 0.717) is 17.7 Å². The van der Waals surface area contributed by atoms with E-state index in [1.165, 1.54) is 53.4 Å². The molecule has 0 radical (unpaired) electrons. The number of nitrogens with zero attached hydrogens (tertiary/aromatic N) is 5. The van der Waals surface area contributed by atoms with Gasteiger partial charge in [0.1, 0.15) is 36.7 Å². The second-order valence-corrected chi connectivity index (χ2v) is 14.5. The van der Waals surface area contributed by atoms with Crippen LogP contribution in [0.2, 0.25) is 0 Å². The Labute approximate surface area is 321 Å². The number of esters is 2. The number of aromatic nitrogens is 3. The molecule has 0 amide bonds. The van der Waals surface area contributed by atoms with Crippen molar-refractivity contribution >= 4 is 29.8 Å². The SMILES string of the molecule is C[C@@H](SC1COC(/C=C/C=C/c2ccc(C#N)cc2F)OC1)[C@@](Cn1cncn1)(OC(=O)c1ccccc1COC(=O)CCN(C)C)c1ccc(F)cc1F. The molecular formula is C40H40F3N5O6S. The van der Waals surface area contributed by atoms with Gasteiger partial charge in [0.2, 0.25) is 0 Å². The largest absolute Gasteiger partial charge is 0.461 e. The number of hydrogen-bond acceptors (Lipinski definition) is 11. The van der Waals surface area contributed by atoms with Gasteiger partial charge >= 0.3 is 11.9 Å². The third-order valence-electron chi connectivity index (χ3n) is 8.65. The van der Waals surface area contributed by atoms with Gasteiger partial charge < -0.3 is 23.8 Å². The summed E-state index contributed by atoms with van der Waals surface area (Å²) in [4.78, 5) is 32.5. The second-order valence-electron chi connectivity index (χ2n) is 12.9. The van der Waals surface area contributed by atoms with Crippen LogP contribution < -0.4 is 0 Å². The maximum absolute atomic E-state index is 15.9. The molecule has 11 nitrogen and oxygen atoms in total. The number of nitriles is 1. The van der Waals surface area contributed by atoms with E-state index in [2.05, 4.69) is 10.1 Å². The van der Waals surface area contributed by atoms with Crippen molar-refractivity contribution in [3.63, 3.8) is 0 Å². The number of halogens is 3. The summed E-state index contributed by atoms with van der Waals surface area (Å²) in [5.41, 5.74) is -0.857. The van der Waals surface area contributed by atoms with Gasteiger partial charge in [0.15, 0.2) is 11.9 Å². The van der Waals surface area contributed by atoms with Gasteiger partial charge in [-0.1, -0.05) is 42.5 Å². The smallest absolute Gasteiger partial charge is 0.339 e. The molecule has 0 aliphatic carbocycles. The fraction of sp³-hybridized carbons (Fsp3) is 0.325. The number of benzene rings is 3. The molecular weight excluding hydrogens is 736 g/mol. The van der Waals surface area contributed by atoms with Crippen LogP contribution in [-0.2, 0) is 42.5 Å². The van der Waals surface area contributed by atoms with Crippen molar-refractivity contribution < 1.29 is 41.7 Å². The molecule has 15 heteroatoms. The standard InChI is InChI=1S/C40H40F3N5O6S/c1-27(55-32-22-52-38(53-23-32)11-7-5-8-29-13-12-28(20-44)18-35(29)42)40(24-48-26-45-25-46-48,34-15-14-31(41)19-36(34)43)54-39(50)33-10-6-4-9-30(33)21-51-37(49)16-17-47(2)3/h4-15,18-19,25-27,32,38H,16-17,21-24H2,1-3H3/b8-5+,11-7+/t27-,32?,38?,40-/m1/s1.